The Morgan fingerprint density at radius 2 is 2.25 bits per heavy atom. The standard InChI is InChI=1S/C14H14ClFN2O2/c15-10-2-1-3-11(16)9(10)6-13-17-14(20-18-13)7-12(19)8-4-5-8/h1-3,8,12,19H,4-7H2. The van der Waals surface area contributed by atoms with Crippen LogP contribution in [-0.4, -0.2) is 21.4 Å². The number of hydrogen-bond donors (Lipinski definition) is 1. The molecule has 1 atom stereocenters. The summed E-state index contributed by atoms with van der Waals surface area (Å²) in [5.41, 5.74) is 0.351. The second-order valence-electron chi connectivity index (χ2n) is 5.09. The molecular weight excluding hydrogens is 283 g/mol. The summed E-state index contributed by atoms with van der Waals surface area (Å²) in [5.74, 6) is 0.718. The first-order valence-corrected chi connectivity index (χ1v) is 6.93. The van der Waals surface area contributed by atoms with E-state index < -0.39 is 6.10 Å². The maximum absolute atomic E-state index is 13.7. The van der Waals surface area contributed by atoms with Crippen LogP contribution in [0.5, 0.6) is 0 Å². The van der Waals surface area contributed by atoms with Gasteiger partial charge in [0.1, 0.15) is 5.82 Å². The van der Waals surface area contributed by atoms with E-state index >= 15 is 0 Å². The molecule has 1 aliphatic carbocycles. The van der Waals surface area contributed by atoms with Crippen LogP contribution in [0.2, 0.25) is 5.02 Å². The van der Waals surface area contributed by atoms with Crippen LogP contribution in [-0.2, 0) is 12.8 Å². The van der Waals surface area contributed by atoms with Gasteiger partial charge in [-0.25, -0.2) is 4.39 Å². The number of aromatic nitrogens is 2. The number of rotatable bonds is 5. The number of benzene rings is 1. The number of nitrogens with zero attached hydrogens (tertiary/aromatic N) is 2. The first kappa shape index (κ1) is 13.5. The highest BCUT2D eigenvalue weighted by Gasteiger charge is 2.31. The molecule has 0 bridgehead atoms. The average Bonchev–Trinajstić information content (AvgIpc) is 3.17. The molecule has 20 heavy (non-hydrogen) atoms. The Kier molecular flexibility index (Phi) is 3.72. The third-order valence-electron chi connectivity index (χ3n) is 3.46. The van der Waals surface area contributed by atoms with Crippen LogP contribution in [0, 0.1) is 11.7 Å². The summed E-state index contributed by atoms with van der Waals surface area (Å²) in [6, 6.07) is 4.52. The largest absolute Gasteiger partial charge is 0.392 e. The molecule has 1 aromatic carbocycles. The smallest absolute Gasteiger partial charge is 0.229 e. The lowest BCUT2D eigenvalue weighted by atomic mass is 10.1. The van der Waals surface area contributed by atoms with Gasteiger partial charge in [-0.1, -0.05) is 22.8 Å². The van der Waals surface area contributed by atoms with Crippen molar-refractivity contribution in [3.8, 4) is 0 Å². The van der Waals surface area contributed by atoms with Gasteiger partial charge in [0.2, 0.25) is 5.89 Å². The van der Waals surface area contributed by atoms with Gasteiger partial charge in [-0.15, -0.1) is 0 Å². The molecule has 1 heterocycles. The van der Waals surface area contributed by atoms with Crippen molar-refractivity contribution in [3.63, 3.8) is 0 Å². The van der Waals surface area contributed by atoms with Gasteiger partial charge in [-0.3, -0.25) is 0 Å². The zero-order valence-corrected chi connectivity index (χ0v) is 11.5. The Bertz CT molecular complexity index is 593. The summed E-state index contributed by atoms with van der Waals surface area (Å²) in [7, 11) is 0. The van der Waals surface area contributed by atoms with Crippen molar-refractivity contribution in [2.75, 3.05) is 0 Å². The minimum Gasteiger partial charge on any atom is -0.392 e. The predicted molar refractivity (Wildman–Crippen MR) is 70.9 cm³/mol. The maximum atomic E-state index is 13.7. The Hall–Kier alpha value is -1.46. The van der Waals surface area contributed by atoms with Gasteiger partial charge in [0, 0.05) is 17.0 Å². The summed E-state index contributed by atoms with van der Waals surface area (Å²) in [6.45, 7) is 0. The molecule has 0 aliphatic heterocycles. The minimum absolute atomic E-state index is 0.175. The van der Waals surface area contributed by atoms with Crippen molar-refractivity contribution in [3.05, 3.63) is 46.3 Å². The van der Waals surface area contributed by atoms with Gasteiger partial charge in [-0.2, -0.15) is 4.98 Å². The van der Waals surface area contributed by atoms with Crippen LogP contribution >= 0.6 is 11.6 Å². The van der Waals surface area contributed by atoms with Gasteiger partial charge >= 0.3 is 0 Å². The Labute approximate surface area is 120 Å². The van der Waals surface area contributed by atoms with E-state index in [1.54, 1.807) is 12.1 Å². The predicted octanol–water partition coefficient (Wildman–Crippen LogP) is 2.77. The first-order valence-electron chi connectivity index (χ1n) is 6.56. The Balaban J connectivity index is 1.70. The molecule has 0 saturated heterocycles. The number of aliphatic hydroxyl groups is 1. The average molecular weight is 297 g/mol. The molecule has 1 unspecified atom stereocenters. The SMILES string of the molecule is OC(Cc1nc(Cc2c(F)cccc2Cl)no1)C1CC1. The van der Waals surface area contributed by atoms with E-state index in [4.69, 9.17) is 16.1 Å². The maximum Gasteiger partial charge on any atom is 0.229 e. The molecule has 4 nitrogen and oxygen atoms in total. The van der Waals surface area contributed by atoms with Crippen LogP contribution in [0.3, 0.4) is 0 Å². The highest BCUT2D eigenvalue weighted by atomic mass is 35.5. The number of hydrogen-bond acceptors (Lipinski definition) is 4. The fourth-order valence-electron chi connectivity index (χ4n) is 2.13. The molecule has 1 aliphatic rings. The van der Waals surface area contributed by atoms with Crippen molar-refractivity contribution >= 4 is 11.6 Å². The zero-order chi connectivity index (χ0) is 14.1. The van der Waals surface area contributed by atoms with E-state index in [0.29, 0.717) is 34.6 Å². The van der Waals surface area contributed by atoms with E-state index in [-0.39, 0.29) is 12.2 Å². The lowest BCUT2D eigenvalue weighted by Crippen LogP contribution is -2.12. The van der Waals surface area contributed by atoms with Crippen LogP contribution in [0.25, 0.3) is 0 Å². The van der Waals surface area contributed by atoms with E-state index in [1.807, 2.05) is 0 Å². The molecule has 6 heteroatoms. The van der Waals surface area contributed by atoms with Crippen molar-refractivity contribution < 1.29 is 14.0 Å². The molecule has 0 radical (unpaired) electrons. The monoisotopic (exact) mass is 296 g/mol. The van der Waals surface area contributed by atoms with E-state index in [2.05, 4.69) is 10.1 Å². The number of aliphatic hydroxyl groups excluding tert-OH is 1. The zero-order valence-electron chi connectivity index (χ0n) is 10.7. The molecule has 1 aromatic heterocycles. The van der Waals surface area contributed by atoms with Crippen LogP contribution in [0.4, 0.5) is 4.39 Å². The molecule has 0 amide bonds. The van der Waals surface area contributed by atoms with Gasteiger partial charge in [0.05, 0.1) is 12.5 Å². The van der Waals surface area contributed by atoms with Crippen LogP contribution < -0.4 is 0 Å². The summed E-state index contributed by atoms with van der Waals surface area (Å²) in [6.07, 6.45) is 2.19. The highest BCUT2D eigenvalue weighted by molar-refractivity contribution is 6.31. The number of halogens is 2. The fourth-order valence-corrected chi connectivity index (χ4v) is 2.36. The van der Waals surface area contributed by atoms with Gasteiger partial charge in [0.15, 0.2) is 5.82 Å². The molecular formula is C14H14ClFN2O2. The second-order valence-corrected chi connectivity index (χ2v) is 5.50. The van der Waals surface area contributed by atoms with Gasteiger partial charge in [-0.05, 0) is 30.9 Å². The summed E-state index contributed by atoms with van der Waals surface area (Å²) >= 11 is 5.95. The molecule has 2 aromatic rings. The summed E-state index contributed by atoms with van der Waals surface area (Å²) in [4.78, 5) is 4.17. The van der Waals surface area contributed by atoms with E-state index in [9.17, 15) is 9.50 Å². The van der Waals surface area contributed by atoms with Crippen molar-refractivity contribution in [1.29, 1.82) is 0 Å². The van der Waals surface area contributed by atoms with Crippen LogP contribution in [0.1, 0.15) is 30.1 Å². The Morgan fingerprint density at radius 1 is 1.45 bits per heavy atom. The van der Waals surface area contributed by atoms with E-state index in [0.717, 1.165) is 12.8 Å². The lowest BCUT2D eigenvalue weighted by Gasteiger charge is -2.03. The fraction of sp³-hybridized carbons (Fsp3) is 0.429. The highest BCUT2D eigenvalue weighted by Crippen LogP contribution is 2.33. The molecule has 1 saturated carbocycles. The van der Waals surface area contributed by atoms with Crippen molar-refractivity contribution in [2.24, 2.45) is 5.92 Å². The van der Waals surface area contributed by atoms with E-state index in [1.165, 1.54) is 6.07 Å². The van der Waals surface area contributed by atoms with Crippen molar-refractivity contribution in [1.82, 2.24) is 10.1 Å². The second kappa shape index (κ2) is 5.50. The minimum atomic E-state index is -0.430. The molecule has 3 rings (SSSR count). The van der Waals surface area contributed by atoms with Gasteiger partial charge < -0.3 is 9.63 Å². The molecule has 0 spiro atoms. The summed E-state index contributed by atoms with van der Waals surface area (Å²) < 4.78 is 18.7. The molecule has 1 N–H and O–H groups in total. The van der Waals surface area contributed by atoms with Gasteiger partial charge in [0.25, 0.3) is 0 Å². The third-order valence-corrected chi connectivity index (χ3v) is 3.81. The quantitative estimate of drug-likeness (QED) is 0.921. The van der Waals surface area contributed by atoms with Crippen LogP contribution in [0.15, 0.2) is 22.7 Å². The topological polar surface area (TPSA) is 59.2 Å². The molecule has 1 fully saturated rings. The molecule has 106 valence electrons. The normalized spacial score (nSPS) is 16.4. The van der Waals surface area contributed by atoms with Crippen molar-refractivity contribution in [2.45, 2.75) is 31.8 Å². The summed E-state index contributed by atoms with van der Waals surface area (Å²) in [5, 5.41) is 14.0. The first-order chi connectivity index (χ1) is 9.63. The Morgan fingerprint density at radius 3 is 2.95 bits per heavy atom. The third kappa shape index (κ3) is 2.99. The lowest BCUT2D eigenvalue weighted by molar-refractivity contribution is 0.140.